The lowest BCUT2D eigenvalue weighted by molar-refractivity contribution is -0.108. The third-order valence-corrected chi connectivity index (χ3v) is 3.24. The van der Waals surface area contributed by atoms with E-state index in [2.05, 4.69) is 29.4 Å². The van der Waals surface area contributed by atoms with Crippen LogP contribution in [0.2, 0.25) is 0 Å². The monoisotopic (exact) mass is 227 g/mol. The van der Waals surface area contributed by atoms with Crippen molar-refractivity contribution >= 4 is 12.4 Å². The second-order valence-corrected chi connectivity index (χ2v) is 4.91. The second kappa shape index (κ2) is 5.30. The maximum Gasteiger partial charge on any atom is 0.321 e. The number of likely N-dealkylation sites (tertiary alicyclic amines) is 1. The van der Waals surface area contributed by atoms with E-state index in [0.717, 1.165) is 25.9 Å². The van der Waals surface area contributed by atoms with Crippen LogP contribution in [-0.4, -0.2) is 42.0 Å². The van der Waals surface area contributed by atoms with Gasteiger partial charge in [0.15, 0.2) is 0 Å². The van der Waals surface area contributed by atoms with Gasteiger partial charge in [-0.2, -0.15) is 0 Å². The van der Waals surface area contributed by atoms with Gasteiger partial charge in [-0.05, 0) is 33.6 Å². The molecule has 2 N–H and O–H groups in total. The predicted molar refractivity (Wildman–Crippen MR) is 62.1 cm³/mol. The largest absolute Gasteiger partial charge is 0.333 e. The van der Waals surface area contributed by atoms with Crippen LogP contribution in [0.15, 0.2) is 0 Å². The number of piperidine rings is 1. The summed E-state index contributed by atoms with van der Waals surface area (Å²) in [5, 5.41) is 4.96. The van der Waals surface area contributed by atoms with Crippen molar-refractivity contribution in [2.45, 2.75) is 45.2 Å². The minimum atomic E-state index is -0.407. The zero-order chi connectivity index (χ0) is 12.2. The van der Waals surface area contributed by atoms with Crippen LogP contribution in [0.25, 0.3) is 0 Å². The number of rotatable bonds is 3. The van der Waals surface area contributed by atoms with Crippen LogP contribution in [0.5, 0.6) is 0 Å². The molecule has 1 saturated heterocycles. The Morgan fingerprint density at radius 1 is 1.38 bits per heavy atom. The summed E-state index contributed by atoms with van der Waals surface area (Å²) < 4.78 is 0. The lowest BCUT2D eigenvalue weighted by atomic mass is 9.89. The number of amides is 3. The van der Waals surface area contributed by atoms with Crippen molar-refractivity contribution in [3.8, 4) is 0 Å². The van der Waals surface area contributed by atoms with E-state index in [1.807, 2.05) is 6.92 Å². The summed E-state index contributed by atoms with van der Waals surface area (Å²) in [6.07, 6.45) is 2.23. The second-order valence-electron chi connectivity index (χ2n) is 4.91. The molecule has 5 nitrogen and oxygen atoms in total. The maximum absolute atomic E-state index is 11.3. The number of hydrogen-bond acceptors (Lipinski definition) is 3. The Labute approximate surface area is 96.6 Å². The molecule has 0 spiro atoms. The fourth-order valence-corrected chi connectivity index (χ4v) is 2.02. The number of urea groups is 1. The summed E-state index contributed by atoms with van der Waals surface area (Å²) in [5.41, 5.74) is -0.196. The Morgan fingerprint density at radius 3 is 2.38 bits per heavy atom. The zero-order valence-electron chi connectivity index (χ0n) is 10.2. The van der Waals surface area contributed by atoms with Gasteiger partial charge in [-0.1, -0.05) is 0 Å². The standard InChI is InChI=1S/C11H21N3O2/c1-9(2)14-6-4-11(3,5-7-14)13-10(16)12-8-15/h8-9H,4-7H2,1-3H3,(H2,12,13,15,16). The van der Waals surface area contributed by atoms with E-state index in [1.54, 1.807) is 0 Å². The first-order valence-electron chi connectivity index (χ1n) is 5.73. The van der Waals surface area contributed by atoms with E-state index in [-0.39, 0.29) is 5.54 Å². The van der Waals surface area contributed by atoms with Gasteiger partial charge in [-0.3, -0.25) is 10.1 Å². The number of imide groups is 1. The molecule has 0 aromatic carbocycles. The minimum absolute atomic E-state index is 0.196. The highest BCUT2D eigenvalue weighted by Gasteiger charge is 2.31. The molecule has 1 aliphatic rings. The molecule has 1 heterocycles. The van der Waals surface area contributed by atoms with Crippen LogP contribution in [0.3, 0.4) is 0 Å². The third-order valence-electron chi connectivity index (χ3n) is 3.24. The van der Waals surface area contributed by atoms with Crippen molar-refractivity contribution in [1.82, 2.24) is 15.5 Å². The Kier molecular flexibility index (Phi) is 4.29. The van der Waals surface area contributed by atoms with Crippen LogP contribution in [-0.2, 0) is 4.79 Å². The average Bonchev–Trinajstić information content (AvgIpc) is 2.17. The van der Waals surface area contributed by atoms with Crippen molar-refractivity contribution in [1.29, 1.82) is 0 Å². The van der Waals surface area contributed by atoms with E-state index < -0.39 is 6.03 Å². The molecule has 0 radical (unpaired) electrons. The van der Waals surface area contributed by atoms with E-state index in [1.165, 1.54) is 0 Å². The molecule has 0 bridgehead atoms. The van der Waals surface area contributed by atoms with Crippen molar-refractivity contribution in [2.24, 2.45) is 0 Å². The van der Waals surface area contributed by atoms with Gasteiger partial charge in [-0.15, -0.1) is 0 Å². The van der Waals surface area contributed by atoms with E-state index >= 15 is 0 Å². The van der Waals surface area contributed by atoms with Gasteiger partial charge in [0.25, 0.3) is 0 Å². The minimum Gasteiger partial charge on any atom is -0.333 e. The third kappa shape index (κ3) is 3.48. The molecule has 1 fully saturated rings. The molecule has 0 unspecified atom stereocenters. The molecular formula is C11H21N3O2. The first-order valence-corrected chi connectivity index (χ1v) is 5.73. The molecule has 0 aromatic rings. The molecule has 0 aliphatic carbocycles. The van der Waals surface area contributed by atoms with Gasteiger partial charge >= 0.3 is 6.03 Å². The van der Waals surface area contributed by atoms with Crippen molar-refractivity contribution in [3.63, 3.8) is 0 Å². The van der Waals surface area contributed by atoms with Crippen LogP contribution >= 0.6 is 0 Å². The highest BCUT2D eigenvalue weighted by atomic mass is 16.2. The number of carbonyl (C=O) groups is 2. The Morgan fingerprint density at radius 2 is 1.94 bits per heavy atom. The molecule has 16 heavy (non-hydrogen) atoms. The summed E-state index contributed by atoms with van der Waals surface area (Å²) in [5.74, 6) is 0. The molecule has 5 heteroatoms. The number of nitrogens with zero attached hydrogens (tertiary/aromatic N) is 1. The molecule has 0 saturated carbocycles. The quantitative estimate of drug-likeness (QED) is 0.698. The summed E-state index contributed by atoms with van der Waals surface area (Å²) >= 11 is 0. The van der Waals surface area contributed by atoms with Gasteiger partial charge in [0.2, 0.25) is 6.41 Å². The lowest BCUT2D eigenvalue weighted by Crippen LogP contribution is -2.56. The Hall–Kier alpha value is -1.10. The molecule has 92 valence electrons. The molecular weight excluding hydrogens is 206 g/mol. The SMILES string of the molecule is CC(C)N1CCC(C)(NC(=O)NC=O)CC1. The molecule has 1 aliphatic heterocycles. The summed E-state index contributed by atoms with van der Waals surface area (Å²) in [6, 6.07) is 0.142. The van der Waals surface area contributed by atoms with E-state index in [9.17, 15) is 9.59 Å². The van der Waals surface area contributed by atoms with Gasteiger partial charge in [0.1, 0.15) is 0 Å². The fourth-order valence-electron chi connectivity index (χ4n) is 2.02. The number of carbonyl (C=O) groups excluding carboxylic acids is 2. The first kappa shape index (κ1) is 13.0. The molecule has 0 atom stereocenters. The van der Waals surface area contributed by atoms with Gasteiger partial charge < -0.3 is 10.2 Å². The summed E-state index contributed by atoms with van der Waals surface area (Å²) in [4.78, 5) is 23.8. The first-order chi connectivity index (χ1) is 7.47. The zero-order valence-corrected chi connectivity index (χ0v) is 10.2. The van der Waals surface area contributed by atoms with Crippen LogP contribution in [0.1, 0.15) is 33.6 Å². The molecule has 1 rings (SSSR count). The van der Waals surface area contributed by atoms with Gasteiger partial charge in [-0.25, -0.2) is 4.79 Å². The smallest absolute Gasteiger partial charge is 0.321 e. The number of hydrogen-bond donors (Lipinski definition) is 2. The summed E-state index contributed by atoms with van der Waals surface area (Å²) in [7, 11) is 0. The van der Waals surface area contributed by atoms with Crippen molar-refractivity contribution in [3.05, 3.63) is 0 Å². The lowest BCUT2D eigenvalue weighted by Gasteiger charge is -2.41. The van der Waals surface area contributed by atoms with Crippen molar-refractivity contribution < 1.29 is 9.59 Å². The molecule has 3 amide bonds. The average molecular weight is 227 g/mol. The highest BCUT2D eigenvalue weighted by Crippen LogP contribution is 2.22. The summed E-state index contributed by atoms with van der Waals surface area (Å²) in [6.45, 7) is 8.34. The normalized spacial score (nSPS) is 20.5. The van der Waals surface area contributed by atoms with Gasteiger partial charge in [0, 0.05) is 24.7 Å². The van der Waals surface area contributed by atoms with E-state index in [0.29, 0.717) is 12.5 Å². The van der Waals surface area contributed by atoms with Crippen LogP contribution in [0.4, 0.5) is 4.79 Å². The van der Waals surface area contributed by atoms with Crippen LogP contribution in [0, 0.1) is 0 Å². The highest BCUT2D eigenvalue weighted by molar-refractivity contribution is 5.84. The number of nitrogens with one attached hydrogen (secondary N) is 2. The fraction of sp³-hybridized carbons (Fsp3) is 0.818. The van der Waals surface area contributed by atoms with Crippen molar-refractivity contribution in [2.75, 3.05) is 13.1 Å². The van der Waals surface area contributed by atoms with E-state index in [4.69, 9.17) is 0 Å². The molecule has 0 aromatic heterocycles. The predicted octanol–water partition coefficient (Wildman–Crippen LogP) is 0.705. The van der Waals surface area contributed by atoms with Gasteiger partial charge in [0.05, 0.1) is 0 Å². The topological polar surface area (TPSA) is 61.4 Å². The Balaban J connectivity index is 2.43. The Bertz CT molecular complexity index is 258. The maximum atomic E-state index is 11.3. The van der Waals surface area contributed by atoms with Crippen LogP contribution < -0.4 is 10.6 Å².